The second-order valence-electron chi connectivity index (χ2n) is 5.82. The summed E-state index contributed by atoms with van der Waals surface area (Å²) >= 11 is 0. The summed E-state index contributed by atoms with van der Waals surface area (Å²) in [5.74, 6) is 1.18. The predicted octanol–water partition coefficient (Wildman–Crippen LogP) is 1.88. The molecule has 4 rings (SSSR count). The Hall–Kier alpha value is -2.54. The van der Waals surface area contributed by atoms with Crippen LogP contribution < -0.4 is 4.90 Å². The van der Waals surface area contributed by atoms with E-state index in [0.29, 0.717) is 24.4 Å². The van der Waals surface area contributed by atoms with Gasteiger partial charge in [0.25, 0.3) is 0 Å². The zero-order chi connectivity index (χ0) is 16.0. The van der Waals surface area contributed by atoms with Crippen molar-refractivity contribution in [3.63, 3.8) is 0 Å². The molecule has 0 amide bonds. The Morgan fingerprint density at radius 3 is 2.70 bits per heavy atom. The maximum absolute atomic E-state index is 13.2. The molecule has 1 fully saturated rings. The van der Waals surface area contributed by atoms with Crippen molar-refractivity contribution in [2.75, 3.05) is 11.4 Å². The highest BCUT2D eigenvalue weighted by atomic mass is 19.1. The van der Waals surface area contributed by atoms with Gasteiger partial charge in [0.1, 0.15) is 11.6 Å². The number of aromatic nitrogens is 4. The van der Waals surface area contributed by atoms with E-state index in [0.717, 1.165) is 11.4 Å². The van der Waals surface area contributed by atoms with Gasteiger partial charge in [-0.05, 0) is 43.2 Å². The van der Waals surface area contributed by atoms with Gasteiger partial charge in [0.2, 0.25) is 0 Å². The molecular formula is C16H16FN5O. The number of halogens is 1. The molecule has 6 nitrogen and oxygen atoms in total. The Morgan fingerprint density at radius 2 is 1.91 bits per heavy atom. The zero-order valence-electron chi connectivity index (χ0n) is 12.6. The van der Waals surface area contributed by atoms with Gasteiger partial charge in [0, 0.05) is 6.54 Å². The molecule has 118 valence electrons. The van der Waals surface area contributed by atoms with Crippen molar-refractivity contribution < 1.29 is 9.50 Å². The van der Waals surface area contributed by atoms with Crippen molar-refractivity contribution in [3.8, 4) is 0 Å². The molecule has 23 heavy (non-hydrogen) atoms. The van der Waals surface area contributed by atoms with E-state index in [4.69, 9.17) is 0 Å². The van der Waals surface area contributed by atoms with Crippen LogP contribution in [0.25, 0.3) is 5.65 Å². The summed E-state index contributed by atoms with van der Waals surface area (Å²) in [5, 5.41) is 22.7. The van der Waals surface area contributed by atoms with Crippen LogP contribution in [0.3, 0.4) is 0 Å². The Kier molecular flexibility index (Phi) is 3.23. The average Bonchev–Trinajstić information content (AvgIpc) is 3.11. The number of hydrogen-bond acceptors (Lipinski definition) is 5. The molecule has 1 N–H and O–H groups in total. The summed E-state index contributed by atoms with van der Waals surface area (Å²) in [7, 11) is 0. The first-order valence-corrected chi connectivity index (χ1v) is 7.51. The van der Waals surface area contributed by atoms with E-state index in [-0.39, 0.29) is 11.9 Å². The van der Waals surface area contributed by atoms with Gasteiger partial charge in [-0.3, -0.25) is 0 Å². The SMILES string of the molecule is Cc1nnc2ccc(N3C[C@@H](O)C[C@@H]3c3ccc(F)cc3)nn12. The van der Waals surface area contributed by atoms with Crippen molar-refractivity contribution in [3.05, 3.63) is 53.6 Å². The highest BCUT2D eigenvalue weighted by Gasteiger charge is 2.33. The minimum atomic E-state index is -0.440. The van der Waals surface area contributed by atoms with E-state index in [1.165, 1.54) is 12.1 Å². The second kappa shape index (κ2) is 5.27. The lowest BCUT2D eigenvalue weighted by atomic mass is 10.0. The molecule has 0 unspecified atom stereocenters. The number of aliphatic hydroxyl groups excluding tert-OH is 1. The molecule has 7 heteroatoms. The molecule has 0 radical (unpaired) electrons. The van der Waals surface area contributed by atoms with Crippen LogP contribution in [0, 0.1) is 12.7 Å². The number of hydrogen-bond donors (Lipinski definition) is 1. The van der Waals surface area contributed by atoms with Crippen LogP contribution in [-0.4, -0.2) is 37.6 Å². The summed E-state index contributed by atoms with van der Waals surface area (Å²) in [6.07, 6.45) is 0.150. The number of nitrogens with zero attached hydrogens (tertiary/aromatic N) is 5. The molecule has 1 aliphatic rings. The lowest BCUT2D eigenvalue weighted by Crippen LogP contribution is -2.25. The van der Waals surface area contributed by atoms with Crippen molar-refractivity contribution in [1.29, 1.82) is 0 Å². The third-order valence-electron chi connectivity index (χ3n) is 4.23. The molecule has 3 aromatic rings. The molecular weight excluding hydrogens is 297 g/mol. The first-order valence-electron chi connectivity index (χ1n) is 7.51. The number of aryl methyl sites for hydroxylation is 1. The van der Waals surface area contributed by atoms with Crippen LogP contribution in [0.15, 0.2) is 36.4 Å². The average molecular weight is 313 g/mol. The second-order valence-corrected chi connectivity index (χ2v) is 5.82. The van der Waals surface area contributed by atoms with Crippen LogP contribution in [0.4, 0.5) is 10.2 Å². The third kappa shape index (κ3) is 2.43. The number of aliphatic hydroxyl groups is 1. The van der Waals surface area contributed by atoms with Crippen LogP contribution in [0.2, 0.25) is 0 Å². The van der Waals surface area contributed by atoms with E-state index in [1.807, 2.05) is 24.0 Å². The molecule has 1 saturated heterocycles. The van der Waals surface area contributed by atoms with E-state index in [9.17, 15) is 9.50 Å². The Balaban J connectivity index is 1.74. The summed E-state index contributed by atoms with van der Waals surface area (Å²) in [4.78, 5) is 2.04. The minimum Gasteiger partial charge on any atom is -0.391 e. The molecule has 0 aliphatic carbocycles. The van der Waals surface area contributed by atoms with E-state index in [1.54, 1.807) is 16.6 Å². The van der Waals surface area contributed by atoms with Gasteiger partial charge in [-0.25, -0.2) is 4.39 Å². The molecule has 0 saturated carbocycles. The topological polar surface area (TPSA) is 66.5 Å². The normalized spacial score (nSPS) is 21.3. The van der Waals surface area contributed by atoms with Crippen molar-refractivity contribution in [1.82, 2.24) is 19.8 Å². The lowest BCUT2D eigenvalue weighted by molar-refractivity contribution is 0.194. The van der Waals surface area contributed by atoms with E-state index in [2.05, 4.69) is 15.3 Å². The molecule has 2 aromatic heterocycles. The van der Waals surface area contributed by atoms with Gasteiger partial charge in [0.15, 0.2) is 11.5 Å². The van der Waals surface area contributed by atoms with Gasteiger partial charge >= 0.3 is 0 Å². The Labute approximate surface area is 132 Å². The first kappa shape index (κ1) is 14.1. The highest BCUT2D eigenvalue weighted by Crippen LogP contribution is 2.35. The number of β-amino-alcohol motifs (C(OH)–C–C–N with tert-alkyl or cyclic N) is 1. The van der Waals surface area contributed by atoms with Crippen molar-refractivity contribution >= 4 is 11.5 Å². The zero-order valence-corrected chi connectivity index (χ0v) is 12.6. The van der Waals surface area contributed by atoms with E-state index >= 15 is 0 Å². The van der Waals surface area contributed by atoms with Gasteiger partial charge < -0.3 is 10.0 Å². The quantitative estimate of drug-likeness (QED) is 0.782. The van der Waals surface area contributed by atoms with Crippen LogP contribution in [0.1, 0.15) is 23.9 Å². The Bertz CT molecular complexity index is 847. The Morgan fingerprint density at radius 1 is 1.13 bits per heavy atom. The predicted molar refractivity (Wildman–Crippen MR) is 82.6 cm³/mol. The lowest BCUT2D eigenvalue weighted by Gasteiger charge is -2.25. The molecule has 1 aromatic carbocycles. The number of benzene rings is 1. The molecule has 0 spiro atoms. The van der Waals surface area contributed by atoms with Crippen molar-refractivity contribution in [2.24, 2.45) is 0 Å². The minimum absolute atomic E-state index is 0.0349. The standard InChI is InChI=1S/C16H16FN5O/c1-10-18-19-15-6-7-16(20-22(10)15)21-9-13(23)8-14(21)11-2-4-12(17)5-3-11/h2-7,13-14,23H,8-9H2,1H3/t13-,14+/m0/s1. The number of anilines is 1. The van der Waals surface area contributed by atoms with Crippen molar-refractivity contribution in [2.45, 2.75) is 25.5 Å². The summed E-state index contributed by atoms with van der Waals surface area (Å²) in [5.41, 5.74) is 1.65. The fourth-order valence-electron chi connectivity index (χ4n) is 3.11. The van der Waals surface area contributed by atoms with Crippen LogP contribution in [0.5, 0.6) is 0 Å². The van der Waals surface area contributed by atoms with Gasteiger partial charge in [-0.15, -0.1) is 15.3 Å². The van der Waals surface area contributed by atoms with Gasteiger partial charge in [-0.2, -0.15) is 4.52 Å². The van der Waals surface area contributed by atoms with Gasteiger partial charge in [-0.1, -0.05) is 12.1 Å². The number of fused-ring (bicyclic) bond motifs is 1. The first-order chi connectivity index (χ1) is 11.1. The molecule has 0 bridgehead atoms. The smallest absolute Gasteiger partial charge is 0.178 e. The maximum Gasteiger partial charge on any atom is 0.178 e. The largest absolute Gasteiger partial charge is 0.391 e. The summed E-state index contributed by atoms with van der Waals surface area (Å²) < 4.78 is 14.8. The van der Waals surface area contributed by atoms with Crippen LogP contribution in [-0.2, 0) is 0 Å². The van der Waals surface area contributed by atoms with Gasteiger partial charge in [0.05, 0.1) is 12.1 Å². The van der Waals surface area contributed by atoms with Crippen LogP contribution >= 0.6 is 0 Å². The summed E-state index contributed by atoms with van der Waals surface area (Å²) in [6.45, 7) is 2.33. The monoisotopic (exact) mass is 313 g/mol. The summed E-state index contributed by atoms with van der Waals surface area (Å²) in [6, 6.07) is 10.1. The molecule has 2 atom stereocenters. The maximum atomic E-state index is 13.2. The van der Waals surface area contributed by atoms with E-state index < -0.39 is 6.10 Å². The fourth-order valence-corrected chi connectivity index (χ4v) is 3.11. The third-order valence-corrected chi connectivity index (χ3v) is 4.23. The number of rotatable bonds is 2. The molecule has 1 aliphatic heterocycles. The fraction of sp³-hybridized carbons (Fsp3) is 0.312. The molecule has 3 heterocycles. The highest BCUT2D eigenvalue weighted by molar-refractivity contribution is 5.49.